The van der Waals surface area contributed by atoms with Crippen molar-refractivity contribution in [1.82, 2.24) is 0 Å². The topological polar surface area (TPSA) is 0 Å². The molecule has 0 amide bonds. The first-order chi connectivity index (χ1) is 37.2. The van der Waals surface area contributed by atoms with Crippen LogP contribution in [0.2, 0.25) is 0 Å². The molecule has 0 spiro atoms. The monoisotopic (exact) mass is 1000 g/mol. The van der Waals surface area contributed by atoms with E-state index in [4.69, 9.17) is 0 Å². The Bertz CT molecular complexity index is 2920. The van der Waals surface area contributed by atoms with Gasteiger partial charge in [0.2, 0.25) is 0 Å². The molecule has 7 unspecified atom stereocenters. The van der Waals surface area contributed by atoms with Crippen LogP contribution in [0.15, 0.2) is 194 Å². The first kappa shape index (κ1) is 56.0. The van der Waals surface area contributed by atoms with Crippen molar-refractivity contribution in [3.05, 3.63) is 283 Å². The Balaban J connectivity index is 1.20. The summed E-state index contributed by atoms with van der Waals surface area (Å²) in [6.07, 6.45) is 12.8. The van der Waals surface area contributed by atoms with Crippen molar-refractivity contribution in [2.24, 2.45) is 0 Å². The van der Waals surface area contributed by atoms with Gasteiger partial charge in [-0.1, -0.05) is 256 Å². The van der Waals surface area contributed by atoms with Crippen LogP contribution < -0.4 is 0 Å². The fraction of sp³-hybridized carbons (Fsp3) is 0.368. The Kier molecular flexibility index (Phi) is 20.4. The molecule has 0 heteroatoms. The smallest absolute Gasteiger partial charge is 0.0158 e. The van der Waals surface area contributed by atoms with Crippen LogP contribution in [0.4, 0.5) is 0 Å². The van der Waals surface area contributed by atoms with E-state index in [9.17, 15) is 0 Å². The summed E-state index contributed by atoms with van der Waals surface area (Å²) >= 11 is 0. The number of hydrogen-bond acceptors (Lipinski definition) is 0. The van der Waals surface area contributed by atoms with Crippen LogP contribution in [0.1, 0.15) is 225 Å². The van der Waals surface area contributed by atoms with E-state index < -0.39 is 0 Å². The highest BCUT2D eigenvalue weighted by Crippen LogP contribution is 2.46. The summed E-state index contributed by atoms with van der Waals surface area (Å²) in [7, 11) is 0. The van der Waals surface area contributed by atoms with E-state index >= 15 is 0 Å². The van der Waals surface area contributed by atoms with Crippen molar-refractivity contribution in [3.8, 4) is 0 Å². The van der Waals surface area contributed by atoms with Crippen LogP contribution in [-0.4, -0.2) is 0 Å². The van der Waals surface area contributed by atoms with Crippen molar-refractivity contribution in [1.29, 1.82) is 0 Å². The Morgan fingerprint density at radius 1 is 0.224 bits per heavy atom. The molecule has 0 aliphatic heterocycles. The third kappa shape index (κ3) is 13.8. The zero-order valence-corrected chi connectivity index (χ0v) is 48.0. The van der Waals surface area contributed by atoms with Crippen molar-refractivity contribution < 1.29 is 0 Å². The molecule has 0 nitrogen and oxygen atoms in total. The van der Waals surface area contributed by atoms with Gasteiger partial charge in [0.05, 0.1) is 0 Å². The van der Waals surface area contributed by atoms with Crippen molar-refractivity contribution in [2.45, 2.75) is 181 Å². The summed E-state index contributed by atoms with van der Waals surface area (Å²) in [6, 6.07) is 77.3. The number of hydrogen-bond donors (Lipinski definition) is 0. The van der Waals surface area contributed by atoms with E-state index in [0.29, 0.717) is 29.6 Å². The van der Waals surface area contributed by atoms with Gasteiger partial charge in [0.1, 0.15) is 0 Å². The van der Waals surface area contributed by atoms with E-state index in [0.717, 1.165) is 77.0 Å². The molecule has 0 heterocycles. The second-order valence-electron chi connectivity index (χ2n) is 22.1. The van der Waals surface area contributed by atoms with Gasteiger partial charge in [-0.15, -0.1) is 0 Å². The maximum atomic E-state index is 2.54. The van der Waals surface area contributed by atoms with E-state index in [-0.39, 0.29) is 11.8 Å². The zero-order chi connectivity index (χ0) is 53.4. The standard InChI is InChI=1S/C76H90/c1-10-54-19-21-60(22-20-54)52-74(75(53-62(16-7)64-35-25-56(12-3)26-36-64)69-45-43-66(44-46-69)72(17-8)65-37-27-57(13-4)28-38-65)68-47-49-71(50-48-68)76(73(18-9)67-39-29-58(14-5)30-40-67)70-41-31-59(32-42-70)51-61(15-6)63-33-23-55(11-2)24-34-63/h19-50,61-62,72-76H,10-18,51-53H2,1-9H3. The maximum absolute atomic E-state index is 2.54. The lowest BCUT2D eigenvalue weighted by atomic mass is 9.71. The average Bonchev–Trinajstić information content (AvgIpc) is 3.49. The van der Waals surface area contributed by atoms with E-state index in [1.807, 2.05) is 0 Å². The highest BCUT2D eigenvalue weighted by molar-refractivity contribution is 5.44. The summed E-state index contributed by atoms with van der Waals surface area (Å²) < 4.78 is 0. The van der Waals surface area contributed by atoms with Crippen LogP contribution in [0.3, 0.4) is 0 Å². The van der Waals surface area contributed by atoms with Crippen LogP contribution in [0.25, 0.3) is 0 Å². The van der Waals surface area contributed by atoms with Crippen LogP contribution >= 0.6 is 0 Å². The maximum Gasteiger partial charge on any atom is 0.0158 e. The number of rotatable bonds is 26. The zero-order valence-electron chi connectivity index (χ0n) is 48.0. The van der Waals surface area contributed by atoms with Gasteiger partial charge in [-0.25, -0.2) is 0 Å². The van der Waals surface area contributed by atoms with E-state index in [1.54, 1.807) is 0 Å². The predicted octanol–water partition coefficient (Wildman–Crippen LogP) is 20.8. The summed E-state index contributed by atoms with van der Waals surface area (Å²) in [5, 5.41) is 0. The summed E-state index contributed by atoms with van der Waals surface area (Å²) in [5.41, 5.74) is 22.7. The second kappa shape index (κ2) is 27.7. The second-order valence-corrected chi connectivity index (χ2v) is 22.1. The lowest BCUT2D eigenvalue weighted by Gasteiger charge is -2.33. The van der Waals surface area contributed by atoms with Gasteiger partial charge in [0.25, 0.3) is 0 Å². The lowest BCUT2D eigenvalue weighted by Crippen LogP contribution is -2.18. The van der Waals surface area contributed by atoms with Gasteiger partial charge in [-0.05, 0) is 196 Å². The fourth-order valence-corrected chi connectivity index (χ4v) is 12.6. The lowest BCUT2D eigenvalue weighted by molar-refractivity contribution is 0.447. The molecule has 7 atom stereocenters. The molecular formula is C76H90. The molecular weight excluding hydrogens is 913 g/mol. The molecule has 0 saturated carbocycles. The minimum atomic E-state index is 0.216. The summed E-state index contributed by atoms with van der Waals surface area (Å²) in [6.45, 7) is 20.8. The molecule has 0 fully saturated rings. The summed E-state index contributed by atoms with van der Waals surface area (Å²) in [5.74, 6) is 2.43. The van der Waals surface area contributed by atoms with E-state index in [2.05, 4.69) is 256 Å². The highest BCUT2D eigenvalue weighted by atomic mass is 14.3. The van der Waals surface area contributed by atoms with Crippen LogP contribution in [0, 0.1) is 0 Å². The van der Waals surface area contributed by atoms with Gasteiger partial charge >= 0.3 is 0 Å². The van der Waals surface area contributed by atoms with Gasteiger partial charge in [-0.3, -0.25) is 0 Å². The molecule has 76 heavy (non-hydrogen) atoms. The van der Waals surface area contributed by atoms with Crippen LogP contribution in [0.5, 0.6) is 0 Å². The molecule has 0 aliphatic carbocycles. The van der Waals surface area contributed by atoms with Crippen LogP contribution in [-0.2, 0) is 44.9 Å². The molecule has 0 bridgehead atoms. The third-order valence-electron chi connectivity index (χ3n) is 17.8. The first-order valence-electron chi connectivity index (χ1n) is 29.9. The van der Waals surface area contributed by atoms with Crippen molar-refractivity contribution >= 4 is 0 Å². The predicted molar refractivity (Wildman–Crippen MR) is 329 cm³/mol. The number of benzene rings is 8. The summed E-state index contributed by atoms with van der Waals surface area (Å²) in [4.78, 5) is 0. The Morgan fingerprint density at radius 3 is 0.921 bits per heavy atom. The third-order valence-corrected chi connectivity index (χ3v) is 17.8. The molecule has 0 aliphatic rings. The Labute approximate surface area is 461 Å². The SMILES string of the molecule is CCc1ccc(CC(c2ccc(C(c3ccc(CC(CC)c4ccc(CC)cc4)cc3)C(CC)c3ccc(CC)cc3)cc2)C(CC(CC)c2ccc(CC)cc2)c2ccc(C(CC)c3ccc(CC)cc3)cc2)cc1. The Morgan fingerprint density at radius 2 is 0.513 bits per heavy atom. The van der Waals surface area contributed by atoms with E-state index in [1.165, 1.54) is 89.0 Å². The van der Waals surface area contributed by atoms with Gasteiger partial charge in [0.15, 0.2) is 0 Å². The minimum Gasteiger partial charge on any atom is -0.0648 e. The number of aryl methyl sites for hydroxylation is 5. The fourth-order valence-electron chi connectivity index (χ4n) is 12.6. The highest BCUT2D eigenvalue weighted by Gasteiger charge is 2.31. The van der Waals surface area contributed by atoms with Gasteiger partial charge < -0.3 is 0 Å². The quantitative estimate of drug-likeness (QED) is 0.0507. The van der Waals surface area contributed by atoms with Gasteiger partial charge in [-0.2, -0.15) is 0 Å². The van der Waals surface area contributed by atoms with Gasteiger partial charge in [0, 0.05) is 11.8 Å². The molecule has 0 saturated heterocycles. The normalized spacial score (nSPS) is 14.4. The first-order valence-corrected chi connectivity index (χ1v) is 29.9. The van der Waals surface area contributed by atoms with Crippen molar-refractivity contribution in [3.63, 3.8) is 0 Å². The molecule has 8 aromatic rings. The minimum absolute atomic E-state index is 0.216. The largest absolute Gasteiger partial charge is 0.0648 e. The molecule has 0 aromatic heterocycles. The molecule has 394 valence electrons. The average molecular weight is 1000 g/mol. The molecule has 8 aromatic carbocycles. The molecule has 0 radical (unpaired) electrons. The van der Waals surface area contributed by atoms with Crippen molar-refractivity contribution in [2.75, 3.05) is 0 Å². The molecule has 0 N–H and O–H groups in total. The Hall–Kier alpha value is -6.24. The molecule has 8 rings (SSSR count).